The number of nitrogens with one attached hydrogen (secondary N) is 2. The Balaban J connectivity index is 2.49. The Morgan fingerprint density at radius 2 is 1.82 bits per heavy atom. The van der Waals surface area contributed by atoms with Gasteiger partial charge in [-0.2, -0.15) is 0 Å². The van der Waals surface area contributed by atoms with Gasteiger partial charge >= 0.3 is 0 Å². The SMILES string of the molecule is Cc1cccc(C)c1-c1noc(C)c1C(=O)NC(=N)N(C)C. The minimum Gasteiger partial charge on any atom is -0.360 e. The first-order chi connectivity index (χ1) is 10.3. The van der Waals surface area contributed by atoms with Crippen LogP contribution in [0.4, 0.5) is 0 Å². The van der Waals surface area contributed by atoms with Crippen LogP contribution >= 0.6 is 0 Å². The molecule has 2 rings (SSSR count). The molecule has 6 heteroatoms. The third kappa shape index (κ3) is 2.86. The Morgan fingerprint density at radius 1 is 1.23 bits per heavy atom. The third-order valence-electron chi connectivity index (χ3n) is 3.49. The molecule has 1 heterocycles. The standard InChI is InChI=1S/C16H20N4O2/c1-9-7-6-8-10(2)12(9)14-13(11(3)22-19-14)15(21)18-16(17)20(4)5/h6-8H,1-5H3,(H2,17,18,21). The molecule has 0 aliphatic carbocycles. The minimum atomic E-state index is -0.393. The van der Waals surface area contributed by atoms with Gasteiger partial charge in [0.15, 0.2) is 5.96 Å². The van der Waals surface area contributed by atoms with E-state index in [4.69, 9.17) is 9.93 Å². The number of rotatable bonds is 2. The smallest absolute Gasteiger partial charge is 0.263 e. The minimum absolute atomic E-state index is 0.0121. The normalized spacial score (nSPS) is 10.4. The van der Waals surface area contributed by atoms with E-state index in [2.05, 4.69) is 10.5 Å². The molecule has 1 amide bonds. The van der Waals surface area contributed by atoms with Crippen LogP contribution in [0.5, 0.6) is 0 Å². The molecule has 0 fully saturated rings. The molecule has 1 aromatic heterocycles. The van der Waals surface area contributed by atoms with Crippen molar-refractivity contribution in [3.8, 4) is 11.3 Å². The molecule has 22 heavy (non-hydrogen) atoms. The van der Waals surface area contributed by atoms with Crippen LogP contribution in [0.3, 0.4) is 0 Å². The van der Waals surface area contributed by atoms with Gasteiger partial charge in [-0.05, 0) is 31.9 Å². The molecule has 1 aromatic carbocycles. The second kappa shape index (κ2) is 6.01. The first-order valence-corrected chi connectivity index (χ1v) is 6.93. The van der Waals surface area contributed by atoms with Crippen LogP contribution in [0.25, 0.3) is 11.3 Å². The van der Waals surface area contributed by atoms with Crippen LogP contribution in [0.15, 0.2) is 22.7 Å². The average molecular weight is 300 g/mol. The predicted octanol–water partition coefficient (Wildman–Crippen LogP) is 2.49. The first kappa shape index (κ1) is 15.8. The first-order valence-electron chi connectivity index (χ1n) is 6.93. The lowest BCUT2D eigenvalue weighted by molar-refractivity contribution is 0.0972. The maximum Gasteiger partial charge on any atom is 0.263 e. The number of benzene rings is 1. The molecule has 0 aliphatic rings. The molecule has 2 aromatic rings. The molecule has 0 aliphatic heterocycles. The molecular weight excluding hydrogens is 280 g/mol. The second-order valence-electron chi connectivity index (χ2n) is 5.43. The van der Waals surface area contributed by atoms with Gasteiger partial charge in [0.25, 0.3) is 5.91 Å². The second-order valence-corrected chi connectivity index (χ2v) is 5.43. The van der Waals surface area contributed by atoms with Gasteiger partial charge < -0.3 is 9.42 Å². The number of nitrogens with zero attached hydrogens (tertiary/aromatic N) is 2. The van der Waals surface area contributed by atoms with E-state index in [1.165, 1.54) is 4.90 Å². The maximum absolute atomic E-state index is 12.5. The Kier molecular flexibility index (Phi) is 4.30. The monoisotopic (exact) mass is 300 g/mol. The fraction of sp³-hybridized carbons (Fsp3) is 0.312. The van der Waals surface area contributed by atoms with Gasteiger partial charge in [-0.3, -0.25) is 15.5 Å². The van der Waals surface area contributed by atoms with Crippen molar-refractivity contribution in [2.75, 3.05) is 14.1 Å². The van der Waals surface area contributed by atoms with Gasteiger partial charge in [0, 0.05) is 19.7 Å². The zero-order valence-corrected chi connectivity index (χ0v) is 13.4. The lowest BCUT2D eigenvalue weighted by Gasteiger charge is -2.14. The highest BCUT2D eigenvalue weighted by molar-refractivity contribution is 6.08. The summed E-state index contributed by atoms with van der Waals surface area (Å²) in [7, 11) is 3.38. The van der Waals surface area contributed by atoms with Crippen LogP contribution in [0.1, 0.15) is 27.2 Å². The predicted molar refractivity (Wildman–Crippen MR) is 85.0 cm³/mol. The van der Waals surface area contributed by atoms with Crippen LogP contribution in [-0.4, -0.2) is 36.0 Å². The van der Waals surface area contributed by atoms with E-state index in [-0.39, 0.29) is 5.96 Å². The fourth-order valence-electron chi connectivity index (χ4n) is 2.28. The van der Waals surface area contributed by atoms with Gasteiger partial charge in [-0.25, -0.2) is 0 Å². The highest BCUT2D eigenvalue weighted by Gasteiger charge is 2.24. The van der Waals surface area contributed by atoms with Crippen LogP contribution < -0.4 is 5.32 Å². The van der Waals surface area contributed by atoms with Gasteiger partial charge in [-0.15, -0.1) is 0 Å². The summed E-state index contributed by atoms with van der Waals surface area (Å²) in [4.78, 5) is 14.0. The van der Waals surface area contributed by atoms with Crippen molar-refractivity contribution in [1.29, 1.82) is 5.41 Å². The molecule has 0 spiro atoms. The van der Waals surface area contributed by atoms with E-state index in [1.807, 2.05) is 32.0 Å². The number of carbonyl (C=O) groups is 1. The van der Waals surface area contributed by atoms with Gasteiger partial charge in [0.2, 0.25) is 0 Å². The topological polar surface area (TPSA) is 82.2 Å². The van der Waals surface area contributed by atoms with Gasteiger partial charge in [-0.1, -0.05) is 23.4 Å². The summed E-state index contributed by atoms with van der Waals surface area (Å²) < 4.78 is 5.23. The number of hydrogen-bond donors (Lipinski definition) is 2. The molecular formula is C16H20N4O2. The molecule has 0 radical (unpaired) electrons. The van der Waals surface area contributed by atoms with Gasteiger partial charge in [0.05, 0.1) is 0 Å². The zero-order chi connectivity index (χ0) is 16.4. The summed E-state index contributed by atoms with van der Waals surface area (Å²) in [5.41, 5.74) is 3.80. The van der Waals surface area contributed by atoms with E-state index in [0.29, 0.717) is 17.0 Å². The summed E-state index contributed by atoms with van der Waals surface area (Å²) in [6, 6.07) is 5.90. The van der Waals surface area contributed by atoms with Crippen LogP contribution in [-0.2, 0) is 0 Å². The van der Waals surface area contributed by atoms with Crippen molar-refractivity contribution in [3.63, 3.8) is 0 Å². The quantitative estimate of drug-likeness (QED) is 0.659. The lowest BCUT2D eigenvalue weighted by Crippen LogP contribution is -2.39. The number of amides is 1. The average Bonchev–Trinajstić information content (AvgIpc) is 2.80. The third-order valence-corrected chi connectivity index (χ3v) is 3.49. The largest absolute Gasteiger partial charge is 0.360 e. The molecule has 0 atom stereocenters. The highest BCUT2D eigenvalue weighted by atomic mass is 16.5. The molecule has 0 saturated carbocycles. The fourth-order valence-corrected chi connectivity index (χ4v) is 2.28. The molecule has 0 unspecified atom stereocenters. The number of aromatic nitrogens is 1. The Labute approximate surface area is 129 Å². The van der Waals surface area contributed by atoms with E-state index < -0.39 is 5.91 Å². The maximum atomic E-state index is 12.5. The number of hydrogen-bond acceptors (Lipinski definition) is 4. The van der Waals surface area contributed by atoms with Crippen LogP contribution in [0, 0.1) is 26.2 Å². The number of aryl methyl sites for hydroxylation is 3. The van der Waals surface area contributed by atoms with Crippen molar-refractivity contribution in [3.05, 3.63) is 40.6 Å². The van der Waals surface area contributed by atoms with E-state index in [9.17, 15) is 4.79 Å². The lowest BCUT2D eigenvalue weighted by atomic mass is 9.96. The summed E-state index contributed by atoms with van der Waals surface area (Å²) in [6.07, 6.45) is 0. The van der Waals surface area contributed by atoms with Crippen molar-refractivity contribution in [2.45, 2.75) is 20.8 Å². The van der Waals surface area contributed by atoms with Crippen molar-refractivity contribution in [1.82, 2.24) is 15.4 Å². The summed E-state index contributed by atoms with van der Waals surface area (Å²) >= 11 is 0. The van der Waals surface area contributed by atoms with E-state index in [1.54, 1.807) is 21.0 Å². The molecule has 0 saturated heterocycles. The Morgan fingerprint density at radius 3 is 2.36 bits per heavy atom. The summed E-state index contributed by atoms with van der Waals surface area (Å²) in [5, 5.41) is 14.4. The molecule has 0 bridgehead atoms. The van der Waals surface area contributed by atoms with Crippen LogP contribution in [0.2, 0.25) is 0 Å². The van der Waals surface area contributed by atoms with Gasteiger partial charge in [0.1, 0.15) is 17.0 Å². The van der Waals surface area contributed by atoms with Crippen molar-refractivity contribution in [2.24, 2.45) is 0 Å². The van der Waals surface area contributed by atoms with E-state index in [0.717, 1.165) is 16.7 Å². The number of guanidine groups is 1. The summed E-state index contributed by atoms with van der Waals surface area (Å²) in [6.45, 7) is 5.63. The molecule has 6 nitrogen and oxygen atoms in total. The number of carbonyl (C=O) groups excluding carboxylic acids is 1. The molecule has 2 N–H and O–H groups in total. The molecule has 116 valence electrons. The zero-order valence-electron chi connectivity index (χ0n) is 13.4. The summed E-state index contributed by atoms with van der Waals surface area (Å²) in [5.74, 6) is 0.0508. The Bertz CT molecular complexity index is 711. The highest BCUT2D eigenvalue weighted by Crippen LogP contribution is 2.30. The van der Waals surface area contributed by atoms with Crippen molar-refractivity contribution >= 4 is 11.9 Å². The van der Waals surface area contributed by atoms with E-state index >= 15 is 0 Å². The van der Waals surface area contributed by atoms with Crippen molar-refractivity contribution < 1.29 is 9.32 Å². The Hall–Kier alpha value is -2.63.